The SMILES string of the molecule is CCC(O)N(CCN(Cc1nccn1C)Cc1nccn1C)Cc1nccn1C. The van der Waals surface area contributed by atoms with Crippen LogP contribution in [0.5, 0.6) is 0 Å². The highest BCUT2D eigenvalue weighted by Crippen LogP contribution is 2.11. The van der Waals surface area contributed by atoms with Crippen molar-refractivity contribution in [2.45, 2.75) is 39.2 Å². The maximum absolute atomic E-state index is 10.6. The molecule has 1 atom stereocenters. The molecule has 0 saturated heterocycles. The van der Waals surface area contributed by atoms with E-state index in [1.54, 1.807) is 6.20 Å². The Balaban J connectivity index is 1.71. The summed E-state index contributed by atoms with van der Waals surface area (Å²) in [6, 6.07) is 0. The van der Waals surface area contributed by atoms with Gasteiger partial charge in [0.15, 0.2) is 0 Å². The van der Waals surface area contributed by atoms with Crippen molar-refractivity contribution in [2.24, 2.45) is 21.1 Å². The quantitative estimate of drug-likeness (QED) is 0.486. The van der Waals surface area contributed by atoms with Gasteiger partial charge in [0.25, 0.3) is 0 Å². The Morgan fingerprint density at radius 1 is 0.793 bits per heavy atom. The van der Waals surface area contributed by atoms with E-state index >= 15 is 0 Å². The van der Waals surface area contributed by atoms with Crippen LogP contribution >= 0.6 is 0 Å². The molecular weight excluding hydrogens is 368 g/mol. The third-order valence-electron chi connectivity index (χ3n) is 5.33. The number of hydrogen-bond acceptors (Lipinski definition) is 6. The first kappa shape index (κ1) is 21.2. The average Bonchev–Trinajstić information content (AvgIpc) is 3.41. The summed E-state index contributed by atoms with van der Waals surface area (Å²) in [6.07, 6.45) is 11.5. The number of rotatable bonds is 11. The lowest BCUT2D eigenvalue weighted by Gasteiger charge is -2.30. The van der Waals surface area contributed by atoms with Gasteiger partial charge < -0.3 is 18.8 Å². The zero-order valence-corrected chi connectivity index (χ0v) is 17.8. The Morgan fingerprint density at radius 2 is 1.24 bits per heavy atom. The molecule has 0 aliphatic carbocycles. The number of nitrogens with zero attached hydrogens (tertiary/aromatic N) is 8. The van der Waals surface area contributed by atoms with E-state index in [4.69, 9.17) is 0 Å². The molecule has 9 heteroatoms. The molecule has 0 aliphatic heterocycles. The number of aliphatic hydroxyl groups is 1. The zero-order chi connectivity index (χ0) is 20.8. The smallest absolute Gasteiger partial charge is 0.122 e. The van der Waals surface area contributed by atoms with Crippen molar-refractivity contribution in [3.8, 4) is 0 Å². The summed E-state index contributed by atoms with van der Waals surface area (Å²) in [5.74, 6) is 2.95. The fourth-order valence-electron chi connectivity index (χ4n) is 3.30. The molecule has 0 bridgehead atoms. The van der Waals surface area contributed by atoms with E-state index < -0.39 is 6.23 Å². The van der Waals surface area contributed by atoms with Gasteiger partial charge >= 0.3 is 0 Å². The van der Waals surface area contributed by atoms with Gasteiger partial charge in [0, 0.05) is 71.4 Å². The van der Waals surface area contributed by atoms with Crippen molar-refractivity contribution in [3.05, 3.63) is 54.7 Å². The molecule has 0 aromatic carbocycles. The van der Waals surface area contributed by atoms with Crippen molar-refractivity contribution in [1.82, 2.24) is 38.5 Å². The van der Waals surface area contributed by atoms with Crippen LogP contribution in [0.1, 0.15) is 30.8 Å². The maximum atomic E-state index is 10.6. The highest BCUT2D eigenvalue weighted by Gasteiger charge is 2.19. The molecule has 3 aromatic rings. The molecule has 1 N–H and O–H groups in total. The molecular formula is C20H32N8O. The molecule has 29 heavy (non-hydrogen) atoms. The van der Waals surface area contributed by atoms with Gasteiger partial charge in [-0.3, -0.25) is 9.80 Å². The summed E-state index contributed by atoms with van der Waals surface area (Å²) in [5, 5.41) is 10.6. The lowest BCUT2D eigenvalue weighted by atomic mass is 10.3. The van der Waals surface area contributed by atoms with Crippen LogP contribution in [0.4, 0.5) is 0 Å². The lowest BCUT2D eigenvalue weighted by Crippen LogP contribution is -2.41. The number of aryl methyl sites for hydroxylation is 3. The number of aromatic nitrogens is 6. The summed E-state index contributed by atoms with van der Waals surface area (Å²) in [7, 11) is 6.00. The number of hydrogen-bond donors (Lipinski definition) is 1. The van der Waals surface area contributed by atoms with E-state index in [0.717, 1.165) is 43.7 Å². The molecule has 0 saturated carbocycles. The van der Waals surface area contributed by atoms with E-state index in [9.17, 15) is 5.11 Å². The van der Waals surface area contributed by atoms with Crippen molar-refractivity contribution in [2.75, 3.05) is 13.1 Å². The van der Waals surface area contributed by atoms with Gasteiger partial charge in [0.05, 0.1) is 19.6 Å². The number of aliphatic hydroxyl groups excluding tert-OH is 1. The molecule has 1 unspecified atom stereocenters. The van der Waals surface area contributed by atoms with Gasteiger partial charge in [0.1, 0.15) is 23.7 Å². The first-order valence-corrected chi connectivity index (χ1v) is 10.0. The van der Waals surface area contributed by atoms with Gasteiger partial charge in [-0.1, -0.05) is 6.92 Å². The van der Waals surface area contributed by atoms with Crippen LogP contribution in [0.15, 0.2) is 37.2 Å². The topological polar surface area (TPSA) is 80.2 Å². The van der Waals surface area contributed by atoms with Crippen LogP contribution in [0.25, 0.3) is 0 Å². The fourth-order valence-corrected chi connectivity index (χ4v) is 3.30. The van der Waals surface area contributed by atoms with Crippen molar-refractivity contribution in [3.63, 3.8) is 0 Å². The summed E-state index contributed by atoms with van der Waals surface area (Å²) in [5.41, 5.74) is 0. The molecule has 0 radical (unpaired) electrons. The summed E-state index contributed by atoms with van der Waals surface area (Å²) >= 11 is 0. The molecule has 3 aromatic heterocycles. The molecule has 0 aliphatic rings. The standard InChI is InChI=1S/C20H32N8O/c1-5-20(29)28(16-19-23-8-11-26(19)4)13-12-27(14-17-21-6-9-24(17)2)15-18-22-7-10-25(18)3/h6-11,20,29H,5,12-16H2,1-4H3. The minimum atomic E-state index is -0.505. The Hall–Kier alpha value is -2.49. The highest BCUT2D eigenvalue weighted by atomic mass is 16.3. The predicted molar refractivity (Wildman–Crippen MR) is 110 cm³/mol. The Morgan fingerprint density at radius 3 is 1.62 bits per heavy atom. The third-order valence-corrected chi connectivity index (χ3v) is 5.33. The van der Waals surface area contributed by atoms with E-state index in [1.165, 1.54) is 0 Å². The van der Waals surface area contributed by atoms with Gasteiger partial charge in [-0.15, -0.1) is 0 Å². The maximum Gasteiger partial charge on any atom is 0.122 e. The van der Waals surface area contributed by atoms with Gasteiger partial charge in [-0.25, -0.2) is 15.0 Å². The molecule has 158 valence electrons. The lowest BCUT2D eigenvalue weighted by molar-refractivity contribution is -0.0130. The van der Waals surface area contributed by atoms with E-state index in [2.05, 4.69) is 24.8 Å². The van der Waals surface area contributed by atoms with Gasteiger partial charge in [-0.05, 0) is 6.42 Å². The fraction of sp³-hybridized carbons (Fsp3) is 0.550. The molecule has 0 fully saturated rings. The Labute approximate surface area is 172 Å². The average molecular weight is 401 g/mol. The van der Waals surface area contributed by atoms with E-state index in [0.29, 0.717) is 13.0 Å². The van der Waals surface area contributed by atoms with E-state index in [1.807, 2.05) is 72.8 Å². The Kier molecular flexibility index (Phi) is 7.18. The summed E-state index contributed by atoms with van der Waals surface area (Å²) in [6.45, 7) is 5.54. The normalized spacial score (nSPS) is 12.9. The van der Waals surface area contributed by atoms with Gasteiger partial charge in [0.2, 0.25) is 0 Å². The highest BCUT2D eigenvalue weighted by molar-refractivity contribution is 4.95. The van der Waals surface area contributed by atoms with Crippen LogP contribution in [-0.2, 0) is 40.8 Å². The molecule has 3 heterocycles. The molecule has 0 spiro atoms. The van der Waals surface area contributed by atoms with Crippen molar-refractivity contribution in [1.29, 1.82) is 0 Å². The van der Waals surface area contributed by atoms with Crippen LogP contribution in [0.3, 0.4) is 0 Å². The first-order chi connectivity index (χ1) is 14.0. The monoisotopic (exact) mass is 400 g/mol. The first-order valence-electron chi connectivity index (χ1n) is 10.0. The molecule has 9 nitrogen and oxygen atoms in total. The van der Waals surface area contributed by atoms with Gasteiger partial charge in [-0.2, -0.15) is 0 Å². The van der Waals surface area contributed by atoms with Crippen LogP contribution in [0.2, 0.25) is 0 Å². The minimum Gasteiger partial charge on any atom is -0.378 e. The summed E-state index contributed by atoms with van der Waals surface area (Å²) in [4.78, 5) is 17.8. The second kappa shape index (κ2) is 9.82. The van der Waals surface area contributed by atoms with Crippen molar-refractivity contribution >= 4 is 0 Å². The van der Waals surface area contributed by atoms with Crippen molar-refractivity contribution < 1.29 is 5.11 Å². The van der Waals surface area contributed by atoms with Crippen LogP contribution in [0, 0.1) is 0 Å². The molecule has 0 amide bonds. The second-order valence-corrected chi connectivity index (χ2v) is 7.43. The Bertz CT molecular complexity index is 840. The zero-order valence-electron chi connectivity index (χ0n) is 17.8. The molecule has 3 rings (SSSR count). The van der Waals surface area contributed by atoms with Crippen LogP contribution in [-0.4, -0.2) is 62.9 Å². The third kappa shape index (κ3) is 5.53. The largest absolute Gasteiger partial charge is 0.378 e. The predicted octanol–water partition coefficient (Wildman–Crippen LogP) is 1.12. The summed E-state index contributed by atoms with van der Waals surface area (Å²) < 4.78 is 6.07. The van der Waals surface area contributed by atoms with E-state index in [-0.39, 0.29) is 0 Å². The van der Waals surface area contributed by atoms with Crippen LogP contribution < -0.4 is 0 Å². The number of imidazole rings is 3. The second-order valence-electron chi connectivity index (χ2n) is 7.43. The minimum absolute atomic E-state index is 0.505.